The second kappa shape index (κ2) is 11.3. The summed E-state index contributed by atoms with van der Waals surface area (Å²) in [5.74, 6) is 0.513. The fraction of sp³-hybridized carbons (Fsp3) is 0.0833. The van der Waals surface area contributed by atoms with Crippen LogP contribution >= 0.6 is 33.9 Å². The van der Waals surface area contributed by atoms with Gasteiger partial charge < -0.3 is 9.47 Å². The van der Waals surface area contributed by atoms with E-state index in [1.165, 1.54) is 48.9 Å². The van der Waals surface area contributed by atoms with Gasteiger partial charge in [0.1, 0.15) is 6.61 Å². The van der Waals surface area contributed by atoms with Gasteiger partial charge in [0.2, 0.25) is 0 Å². The smallest absolute Gasteiger partial charge is 0.281 e. The first-order chi connectivity index (χ1) is 17.7. The lowest BCUT2D eigenvalue weighted by Crippen LogP contribution is -2.16. The van der Waals surface area contributed by atoms with Crippen LogP contribution < -0.4 is 14.9 Å². The molecule has 0 spiro atoms. The van der Waals surface area contributed by atoms with Crippen molar-refractivity contribution in [2.24, 2.45) is 5.10 Å². The van der Waals surface area contributed by atoms with Crippen molar-refractivity contribution >= 4 is 67.5 Å². The number of amides is 1. The van der Waals surface area contributed by atoms with Gasteiger partial charge >= 0.3 is 0 Å². The summed E-state index contributed by atoms with van der Waals surface area (Å²) in [7, 11) is 1.50. The van der Waals surface area contributed by atoms with Gasteiger partial charge in [-0.3, -0.25) is 25.0 Å². The molecule has 0 aliphatic rings. The summed E-state index contributed by atoms with van der Waals surface area (Å²) < 4.78 is 12.8. The van der Waals surface area contributed by atoms with Gasteiger partial charge in [0, 0.05) is 34.4 Å². The Morgan fingerprint density at radius 1 is 1.05 bits per heavy atom. The van der Waals surface area contributed by atoms with E-state index in [1.807, 2.05) is 0 Å². The molecule has 4 aromatic rings. The minimum Gasteiger partial charge on any atom is -0.493 e. The van der Waals surface area contributed by atoms with Crippen molar-refractivity contribution in [3.63, 3.8) is 0 Å². The number of ether oxygens (including phenoxy) is 2. The SMILES string of the molecule is COc1cc(/C=N\NC(=O)c2cc3cc([N+](=O)[O-])ccc3s2)cc(I)c1OCc1ccc([N+](=O)[O-])cc1. The number of non-ortho nitro benzene ring substituents is 2. The Labute approximate surface area is 227 Å². The molecule has 188 valence electrons. The molecule has 1 amide bonds. The third kappa shape index (κ3) is 6.18. The molecular weight excluding hydrogens is 615 g/mol. The number of nitro groups is 2. The zero-order valence-electron chi connectivity index (χ0n) is 19.0. The van der Waals surface area contributed by atoms with Gasteiger partial charge in [0.05, 0.1) is 31.6 Å². The number of hydrazone groups is 1. The third-order valence-corrected chi connectivity index (χ3v) is 7.01. The summed E-state index contributed by atoms with van der Waals surface area (Å²) in [6.45, 7) is 0.187. The number of hydrogen-bond donors (Lipinski definition) is 1. The van der Waals surface area contributed by atoms with Gasteiger partial charge in [-0.1, -0.05) is 0 Å². The van der Waals surface area contributed by atoms with Crippen LogP contribution in [-0.4, -0.2) is 29.1 Å². The predicted octanol–water partition coefficient (Wildman–Crippen LogP) is 5.67. The molecule has 1 aromatic heterocycles. The highest BCUT2D eigenvalue weighted by Crippen LogP contribution is 2.34. The third-order valence-electron chi connectivity index (χ3n) is 5.10. The molecular formula is C24H17IN4O7S. The number of carbonyl (C=O) groups is 1. The minimum absolute atomic E-state index is 0.00275. The molecule has 0 atom stereocenters. The van der Waals surface area contributed by atoms with Gasteiger partial charge in [0.15, 0.2) is 11.5 Å². The van der Waals surface area contributed by atoms with Crippen LogP contribution in [0.25, 0.3) is 10.1 Å². The number of hydrogen-bond acceptors (Lipinski definition) is 9. The quantitative estimate of drug-likeness (QED) is 0.108. The average Bonchev–Trinajstić information content (AvgIpc) is 3.31. The first-order valence-electron chi connectivity index (χ1n) is 10.5. The molecule has 0 saturated carbocycles. The lowest BCUT2D eigenvalue weighted by molar-refractivity contribution is -0.385. The Morgan fingerprint density at radius 2 is 1.76 bits per heavy atom. The number of thiophene rings is 1. The fourth-order valence-corrected chi connectivity index (χ4v) is 5.01. The van der Waals surface area contributed by atoms with E-state index in [4.69, 9.17) is 9.47 Å². The molecule has 1 N–H and O–H groups in total. The summed E-state index contributed by atoms with van der Waals surface area (Å²) >= 11 is 3.30. The number of halogens is 1. The molecule has 0 bridgehead atoms. The van der Waals surface area contributed by atoms with Gasteiger partial charge in [-0.25, -0.2) is 5.43 Å². The summed E-state index contributed by atoms with van der Waals surface area (Å²) in [6.07, 6.45) is 1.46. The molecule has 0 fully saturated rings. The number of benzene rings is 3. The normalized spacial score (nSPS) is 11.0. The number of nitro benzene ring substituents is 2. The van der Waals surface area contributed by atoms with Gasteiger partial charge in [-0.15, -0.1) is 11.3 Å². The van der Waals surface area contributed by atoms with E-state index in [0.717, 1.165) is 13.8 Å². The highest BCUT2D eigenvalue weighted by atomic mass is 127. The topological polar surface area (TPSA) is 146 Å². The van der Waals surface area contributed by atoms with Gasteiger partial charge in [-0.05, 0) is 70.1 Å². The maximum atomic E-state index is 12.5. The van der Waals surface area contributed by atoms with Gasteiger partial charge in [0.25, 0.3) is 17.3 Å². The van der Waals surface area contributed by atoms with Gasteiger partial charge in [-0.2, -0.15) is 5.10 Å². The molecule has 0 aliphatic heterocycles. The molecule has 13 heteroatoms. The highest BCUT2D eigenvalue weighted by Gasteiger charge is 2.14. The predicted molar refractivity (Wildman–Crippen MR) is 147 cm³/mol. The van der Waals surface area contributed by atoms with E-state index >= 15 is 0 Å². The van der Waals surface area contributed by atoms with Crippen molar-refractivity contribution in [1.29, 1.82) is 0 Å². The van der Waals surface area contributed by atoms with E-state index in [1.54, 1.807) is 36.4 Å². The maximum absolute atomic E-state index is 12.5. The molecule has 0 aliphatic carbocycles. The largest absolute Gasteiger partial charge is 0.493 e. The summed E-state index contributed by atoms with van der Waals surface area (Å²) in [6, 6.07) is 15.6. The van der Waals surface area contributed by atoms with Crippen molar-refractivity contribution in [3.05, 3.63) is 100 Å². The summed E-state index contributed by atoms with van der Waals surface area (Å²) in [4.78, 5) is 33.7. The van der Waals surface area contributed by atoms with Crippen LogP contribution in [0.1, 0.15) is 20.8 Å². The maximum Gasteiger partial charge on any atom is 0.281 e. The average molecular weight is 632 g/mol. The first-order valence-corrected chi connectivity index (χ1v) is 12.4. The zero-order chi connectivity index (χ0) is 26.5. The summed E-state index contributed by atoms with van der Waals surface area (Å²) in [5, 5.41) is 26.4. The zero-order valence-corrected chi connectivity index (χ0v) is 22.0. The van der Waals surface area contributed by atoms with Crippen LogP contribution in [0.2, 0.25) is 0 Å². The molecule has 11 nitrogen and oxygen atoms in total. The Morgan fingerprint density at radius 3 is 2.43 bits per heavy atom. The molecule has 37 heavy (non-hydrogen) atoms. The number of nitrogens with zero attached hydrogens (tertiary/aromatic N) is 3. The van der Waals surface area contributed by atoms with Crippen LogP contribution in [0.5, 0.6) is 11.5 Å². The Bertz CT molecular complexity index is 1540. The van der Waals surface area contributed by atoms with E-state index in [0.29, 0.717) is 27.3 Å². The molecule has 1 heterocycles. The number of methoxy groups -OCH3 is 1. The molecule has 3 aromatic carbocycles. The lowest BCUT2D eigenvalue weighted by atomic mass is 10.2. The second-order valence-corrected chi connectivity index (χ2v) is 9.78. The standard InChI is InChI=1S/C24H17IN4O7S/c1-35-20-9-15(8-19(25)23(20)36-13-14-2-4-17(5-3-14)28(31)32)12-26-27-24(30)22-11-16-10-18(29(33)34)6-7-21(16)37-22/h2-12H,13H2,1H3,(H,27,30)/b26-12-. The number of rotatable bonds is 9. The van der Waals surface area contributed by atoms with Crippen molar-refractivity contribution in [2.45, 2.75) is 6.61 Å². The fourth-order valence-electron chi connectivity index (χ4n) is 3.30. The van der Waals surface area contributed by atoms with Crippen LogP contribution in [-0.2, 0) is 6.61 Å². The second-order valence-electron chi connectivity index (χ2n) is 7.54. The van der Waals surface area contributed by atoms with E-state index in [9.17, 15) is 25.0 Å². The van der Waals surface area contributed by atoms with Crippen LogP contribution in [0.3, 0.4) is 0 Å². The number of carbonyl (C=O) groups excluding carboxylic acids is 1. The monoisotopic (exact) mass is 632 g/mol. The number of nitrogens with one attached hydrogen (secondary N) is 1. The Balaban J connectivity index is 1.43. The van der Waals surface area contributed by atoms with Crippen molar-refractivity contribution in [3.8, 4) is 11.5 Å². The lowest BCUT2D eigenvalue weighted by Gasteiger charge is -2.13. The van der Waals surface area contributed by atoms with Crippen molar-refractivity contribution in [1.82, 2.24) is 5.43 Å². The van der Waals surface area contributed by atoms with Crippen LogP contribution in [0.4, 0.5) is 11.4 Å². The molecule has 0 unspecified atom stereocenters. The number of fused-ring (bicyclic) bond motifs is 1. The van der Waals surface area contributed by atoms with Crippen LogP contribution in [0.15, 0.2) is 65.8 Å². The Hall–Kier alpha value is -4.11. The minimum atomic E-state index is -0.483. The molecule has 4 rings (SSSR count). The highest BCUT2D eigenvalue weighted by molar-refractivity contribution is 14.1. The molecule has 0 radical (unpaired) electrons. The van der Waals surface area contributed by atoms with E-state index in [-0.39, 0.29) is 18.0 Å². The van der Waals surface area contributed by atoms with E-state index in [2.05, 4.69) is 33.1 Å². The first kappa shape index (κ1) is 26.0. The van der Waals surface area contributed by atoms with E-state index < -0.39 is 15.8 Å². The van der Waals surface area contributed by atoms with Crippen LogP contribution in [0, 0.1) is 23.8 Å². The molecule has 0 saturated heterocycles. The Kier molecular flexibility index (Phi) is 7.93. The van der Waals surface area contributed by atoms with Crippen molar-refractivity contribution < 1.29 is 24.1 Å². The summed E-state index contributed by atoms with van der Waals surface area (Å²) in [5.41, 5.74) is 3.83. The van der Waals surface area contributed by atoms with Crippen molar-refractivity contribution in [2.75, 3.05) is 7.11 Å².